The summed E-state index contributed by atoms with van der Waals surface area (Å²) >= 11 is 0. The normalized spacial score (nSPS) is 10.2. The van der Waals surface area contributed by atoms with Gasteiger partial charge in [-0.15, -0.1) is 0 Å². The Labute approximate surface area is 112 Å². The number of unbranched alkanes of at least 4 members (excludes halogenated alkanes) is 2. The lowest BCUT2D eigenvalue weighted by Gasteiger charge is -2.07. The first-order chi connectivity index (χ1) is 9.13. The number of halogens is 1. The van der Waals surface area contributed by atoms with E-state index in [1.807, 2.05) is 0 Å². The molecule has 0 fully saturated rings. The predicted molar refractivity (Wildman–Crippen MR) is 71.4 cm³/mol. The van der Waals surface area contributed by atoms with Crippen LogP contribution in [-0.4, -0.2) is 19.2 Å². The second-order valence-electron chi connectivity index (χ2n) is 4.15. The fraction of sp³-hybridized carbons (Fsp3) is 0.500. The molecule has 0 spiro atoms. The van der Waals surface area contributed by atoms with Gasteiger partial charge in [-0.25, -0.2) is 4.39 Å². The van der Waals surface area contributed by atoms with Gasteiger partial charge >= 0.3 is 5.97 Å². The molecule has 1 aromatic carbocycles. The van der Waals surface area contributed by atoms with Crippen molar-refractivity contribution >= 4 is 11.7 Å². The van der Waals surface area contributed by atoms with Crippen molar-refractivity contribution in [1.82, 2.24) is 0 Å². The molecule has 0 aliphatic carbocycles. The lowest BCUT2D eigenvalue weighted by atomic mass is 10.2. The highest BCUT2D eigenvalue weighted by Gasteiger charge is 2.02. The summed E-state index contributed by atoms with van der Waals surface area (Å²) < 4.78 is 23.3. The monoisotopic (exact) mass is 269 g/mol. The number of hydrogen-bond donors (Lipinski definition) is 1. The molecule has 0 unspecified atom stereocenters. The molecule has 0 saturated heterocycles. The van der Waals surface area contributed by atoms with Gasteiger partial charge < -0.3 is 15.2 Å². The topological polar surface area (TPSA) is 61.5 Å². The molecule has 1 rings (SSSR count). The van der Waals surface area contributed by atoms with Crippen LogP contribution in [0.15, 0.2) is 18.2 Å². The standard InChI is InChI=1S/C14H20FNO3/c1-2-18-14(17)6-4-3-5-9-19-11-7-8-13(16)12(15)10-11/h7-8,10H,2-6,9,16H2,1H3. The molecule has 0 aliphatic rings. The number of carbonyl (C=O) groups is 1. The van der Waals surface area contributed by atoms with Crippen LogP contribution in [0.5, 0.6) is 5.75 Å². The maximum Gasteiger partial charge on any atom is 0.305 e. The molecular weight excluding hydrogens is 249 g/mol. The van der Waals surface area contributed by atoms with E-state index in [0.29, 0.717) is 25.4 Å². The van der Waals surface area contributed by atoms with Crippen LogP contribution in [-0.2, 0) is 9.53 Å². The molecule has 5 heteroatoms. The van der Waals surface area contributed by atoms with Crippen molar-refractivity contribution in [3.63, 3.8) is 0 Å². The van der Waals surface area contributed by atoms with Gasteiger partial charge in [0.25, 0.3) is 0 Å². The summed E-state index contributed by atoms with van der Waals surface area (Å²) in [6.45, 7) is 2.70. The van der Waals surface area contributed by atoms with E-state index < -0.39 is 5.82 Å². The minimum Gasteiger partial charge on any atom is -0.493 e. The zero-order valence-electron chi connectivity index (χ0n) is 11.2. The second-order valence-corrected chi connectivity index (χ2v) is 4.15. The number of anilines is 1. The van der Waals surface area contributed by atoms with Gasteiger partial charge in [0.15, 0.2) is 0 Å². The summed E-state index contributed by atoms with van der Waals surface area (Å²) in [4.78, 5) is 11.1. The maximum absolute atomic E-state index is 13.1. The largest absolute Gasteiger partial charge is 0.493 e. The molecule has 1 aromatic rings. The lowest BCUT2D eigenvalue weighted by molar-refractivity contribution is -0.143. The summed E-state index contributed by atoms with van der Waals surface area (Å²) in [5.74, 6) is -0.166. The third-order valence-electron chi connectivity index (χ3n) is 2.57. The van der Waals surface area contributed by atoms with Crippen molar-refractivity contribution in [2.45, 2.75) is 32.6 Å². The number of nitrogens with two attached hydrogens (primary N) is 1. The summed E-state index contributed by atoms with van der Waals surface area (Å²) in [5.41, 5.74) is 5.47. The van der Waals surface area contributed by atoms with Crippen LogP contribution in [0.25, 0.3) is 0 Å². The van der Waals surface area contributed by atoms with E-state index in [-0.39, 0.29) is 11.7 Å². The molecule has 0 heterocycles. The molecule has 106 valence electrons. The van der Waals surface area contributed by atoms with Crippen molar-refractivity contribution in [1.29, 1.82) is 0 Å². The Kier molecular flexibility index (Phi) is 6.71. The zero-order chi connectivity index (χ0) is 14.1. The van der Waals surface area contributed by atoms with Gasteiger partial charge in [0.05, 0.1) is 18.9 Å². The Morgan fingerprint density at radius 3 is 2.79 bits per heavy atom. The van der Waals surface area contributed by atoms with E-state index in [4.69, 9.17) is 15.2 Å². The molecule has 0 aliphatic heterocycles. The van der Waals surface area contributed by atoms with Crippen molar-refractivity contribution in [3.8, 4) is 5.75 Å². The molecule has 0 saturated carbocycles. The van der Waals surface area contributed by atoms with E-state index in [1.165, 1.54) is 12.1 Å². The van der Waals surface area contributed by atoms with Gasteiger partial charge in [-0.3, -0.25) is 4.79 Å². The number of benzene rings is 1. The molecule has 0 radical (unpaired) electrons. The number of ether oxygens (including phenoxy) is 2. The van der Waals surface area contributed by atoms with Gasteiger partial charge in [0.1, 0.15) is 11.6 Å². The Hall–Kier alpha value is -1.78. The molecule has 0 atom stereocenters. The van der Waals surface area contributed by atoms with Crippen LogP contribution < -0.4 is 10.5 Å². The van der Waals surface area contributed by atoms with E-state index in [0.717, 1.165) is 19.3 Å². The fourth-order valence-corrected chi connectivity index (χ4v) is 1.57. The Balaban J connectivity index is 2.10. The zero-order valence-corrected chi connectivity index (χ0v) is 11.2. The van der Waals surface area contributed by atoms with E-state index in [9.17, 15) is 9.18 Å². The molecule has 2 N–H and O–H groups in total. The van der Waals surface area contributed by atoms with Crippen LogP contribution in [0.2, 0.25) is 0 Å². The van der Waals surface area contributed by atoms with E-state index in [1.54, 1.807) is 13.0 Å². The highest BCUT2D eigenvalue weighted by Crippen LogP contribution is 2.18. The summed E-state index contributed by atoms with van der Waals surface area (Å²) in [6.07, 6.45) is 2.89. The Morgan fingerprint density at radius 2 is 2.11 bits per heavy atom. The van der Waals surface area contributed by atoms with Crippen molar-refractivity contribution in [3.05, 3.63) is 24.0 Å². The first-order valence-corrected chi connectivity index (χ1v) is 6.47. The van der Waals surface area contributed by atoms with Crippen LogP contribution in [0, 0.1) is 5.82 Å². The minimum absolute atomic E-state index is 0.113. The number of esters is 1. The van der Waals surface area contributed by atoms with Gasteiger partial charge in [-0.05, 0) is 38.3 Å². The summed E-state index contributed by atoms with van der Waals surface area (Å²) in [7, 11) is 0. The predicted octanol–water partition coefficient (Wildman–Crippen LogP) is 2.91. The molecular formula is C14H20FNO3. The molecule has 0 bridgehead atoms. The molecule has 19 heavy (non-hydrogen) atoms. The van der Waals surface area contributed by atoms with Gasteiger partial charge in [-0.1, -0.05) is 0 Å². The third-order valence-corrected chi connectivity index (χ3v) is 2.57. The van der Waals surface area contributed by atoms with Gasteiger partial charge in [-0.2, -0.15) is 0 Å². The molecule has 0 aromatic heterocycles. The Morgan fingerprint density at radius 1 is 1.32 bits per heavy atom. The van der Waals surface area contributed by atoms with E-state index >= 15 is 0 Å². The highest BCUT2D eigenvalue weighted by atomic mass is 19.1. The highest BCUT2D eigenvalue weighted by molar-refractivity contribution is 5.69. The number of hydrogen-bond acceptors (Lipinski definition) is 4. The SMILES string of the molecule is CCOC(=O)CCCCCOc1ccc(N)c(F)c1. The fourth-order valence-electron chi connectivity index (χ4n) is 1.57. The smallest absolute Gasteiger partial charge is 0.305 e. The summed E-state index contributed by atoms with van der Waals surface area (Å²) in [6, 6.07) is 4.39. The first-order valence-electron chi connectivity index (χ1n) is 6.47. The maximum atomic E-state index is 13.1. The van der Waals surface area contributed by atoms with Gasteiger partial charge in [0, 0.05) is 12.5 Å². The van der Waals surface area contributed by atoms with E-state index in [2.05, 4.69) is 0 Å². The second kappa shape index (κ2) is 8.34. The van der Waals surface area contributed by atoms with Crippen LogP contribution in [0.4, 0.5) is 10.1 Å². The first kappa shape index (κ1) is 15.3. The van der Waals surface area contributed by atoms with Crippen LogP contribution in [0.3, 0.4) is 0 Å². The van der Waals surface area contributed by atoms with Crippen molar-refractivity contribution < 1.29 is 18.7 Å². The summed E-state index contributed by atoms with van der Waals surface area (Å²) in [5, 5.41) is 0. The number of rotatable bonds is 8. The lowest BCUT2D eigenvalue weighted by Crippen LogP contribution is -2.04. The molecule has 4 nitrogen and oxygen atoms in total. The molecule has 0 amide bonds. The average Bonchev–Trinajstić information content (AvgIpc) is 2.38. The minimum atomic E-state index is -0.472. The quantitative estimate of drug-likeness (QED) is 0.448. The average molecular weight is 269 g/mol. The van der Waals surface area contributed by atoms with Crippen LogP contribution >= 0.6 is 0 Å². The van der Waals surface area contributed by atoms with Crippen molar-refractivity contribution in [2.24, 2.45) is 0 Å². The van der Waals surface area contributed by atoms with Gasteiger partial charge in [0.2, 0.25) is 0 Å². The number of nitrogen functional groups attached to an aromatic ring is 1. The van der Waals surface area contributed by atoms with Crippen LogP contribution in [0.1, 0.15) is 32.6 Å². The Bertz CT molecular complexity index is 410. The third kappa shape index (κ3) is 6.08. The van der Waals surface area contributed by atoms with Crippen molar-refractivity contribution in [2.75, 3.05) is 18.9 Å². The number of carbonyl (C=O) groups excluding carboxylic acids is 1.